The van der Waals surface area contributed by atoms with Crippen LogP contribution >= 0.6 is 48.8 Å². The van der Waals surface area contributed by atoms with Crippen LogP contribution in [0, 0.1) is 5.41 Å². The zero-order valence-corrected chi connectivity index (χ0v) is 27.4. The Morgan fingerprint density at radius 1 is 0.512 bits per heavy atom. The largest absolute Gasteiger partial charge is 0.378 e. The first-order valence-electron chi connectivity index (χ1n) is 13.5. The molecule has 0 rings (SSSR count). The Labute approximate surface area is 265 Å². The molecule has 0 heterocycles. The van der Waals surface area contributed by atoms with Crippen molar-refractivity contribution >= 4 is 59.0 Å². The van der Waals surface area contributed by atoms with Crippen LogP contribution in [0.4, 0.5) is 0 Å². The van der Waals surface area contributed by atoms with Crippen molar-refractivity contribution in [1.82, 2.24) is 0 Å². The lowest BCUT2D eigenvalue weighted by Gasteiger charge is -2.33. The van der Waals surface area contributed by atoms with Crippen LogP contribution in [0.3, 0.4) is 0 Å². The minimum atomic E-state index is -0.592. The predicted octanol–water partition coefficient (Wildman–Crippen LogP) is 2.86. The molecular formula is C27H48O10S4. The van der Waals surface area contributed by atoms with Crippen molar-refractivity contribution in [3.05, 3.63) is 25.3 Å². The summed E-state index contributed by atoms with van der Waals surface area (Å²) in [6.07, 6.45) is 2.58. The molecule has 0 aromatic rings. The third kappa shape index (κ3) is 27.2. The number of carbonyl (C=O) groups is 2. The van der Waals surface area contributed by atoms with Crippen molar-refractivity contribution in [2.45, 2.75) is 0 Å². The molecule has 14 heteroatoms. The van der Waals surface area contributed by atoms with Gasteiger partial charge in [-0.1, -0.05) is 36.7 Å². The number of hydrogen-bond acceptors (Lipinski definition) is 14. The van der Waals surface area contributed by atoms with Gasteiger partial charge in [0.2, 0.25) is 10.2 Å². The summed E-state index contributed by atoms with van der Waals surface area (Å²) in [5, 5.41) is -0.150. The van der Waals surface area contributed by atoms with Crippen LogP contribution < -0.4 is 0 Å². The zero-order valence-electron chi connectivity index (χ0n) is 24.0. The van der Waals surface area contributed by atoms with E-state index in [1.807, 2.05) is 0 Å². The molecule has 0 aliphatic rings. The lowest BCUT2D eigenvalue weighted by atomic mass is 9.92. The van der Waals surface area contributed by atoms with E-state index in [2.05, 4.69) is 38.4 Å². The average Bonchev–Trinajstić information content (AvgIpc) is 2.98. The van der Waals surface area contributed by atoms with Crippen LogP contribution in [-0.4, -0.2) is 139 Å². The lowest BCUT2D eigenvalue weighted by molar-refractivity contribution is -0.120. The van der Waals surface area contributed by atoms with Gasteiger partial charge < -0.3 is 37.9 Å². The monoisotopic (exact) mass is 660 g/mol. The van der Waals surface area contributed by atoms with E-state index in [9.17, 15) is 9.59 Å². The molecular weight excluding hydrogens is 613 g/mol. The van der Waals surface area contributed by atoms with E-state index in [-0.39, 0.29) is 10.2 Å². The highest BCUT2D eigenvalue weighted by molar-refractivity contribution is 8.14. The van der Waals surface area contributed by atoms with Crippen LogP contribution in [0.5, 0.6) is 0 Å². The van der Waals surface area contributed by atoms with E-state index in [1.54, 1.807) is 0 Å². The minimum absolute atomic E-state index is 0.0752. The molecule has 0 fully saturated rings. The summed E-state index contributed by atoms with van der Waals surface area (Å²) in [4.78, 5) is 22.5. The second-order valence-corrected chi connectivity index (χ2v) is 11.4. The second-order valence-electron chi connectivity index (χ2n) is 8.35. The molecule has 0 aromatic carbocycles. The maximum Gasteiger partial charge on any atom is 0.211 e. The van der Waals surface area contributed by atoms with Gasteiger partial charge in [0.25, 0.3) is 0 Å². The standard InChI is InChI=1S/C27H48O10S4/c1-3-25(28)40-19-15-32-7-11-36-23-27(21-34-9-5-30-13-17-38,22-35-10-6-31-14-18-39)24-37-12-8-33-16-20-41-26(29)4-2/h3-4,38-39H,1-2,5-24H2. The third-order valence-electron chi connectivity index (χ3n) is 4.87. The lowest BCUT2D eigenvalue weighted by Crippen LogP contribution is -2.43. The highest BCUT2D eigenvalue weighted by atomic mass is 32.2. The van der Waals surface area contributed by atoms with Gasteiger partial charge in [-0.15, -0.1) is 0 Å². The van der Waals surface area contributed by atoms with E-state index >= 15 is 0 Å². The van der Waals surface area contributed by atoms with Gasteiger partial charge in [-0.3, -0.25) is 9.59 Å². The Bertz CT molecular complexity index is 604. The molecule has 0 radical (unpaired) electrons. The molecule has 0 spiro atoms. The van der Waals surface area contributed by atoms with E-state index in [0.29, 0.717) is 129 Å². The number of ether oxygens (including phenoxy) is 8. The Balaban J connectivity index is 4.83. The fraction of sp³-hybridized carbons (Fsp3) is 0.778. The first-order chi connectivity index (χ1) is 20.0. The van der Waals surface area contributed by atoms with Crippen molar-refractivity contribution in [1.29, 1.82) is 0 Å². The van der Waals surface area contributed by atoms with Crippen molar-refractivity contribution in [3.8, 4) is 0 Å². The highest BCUT2D eigenvalue weighted by Crippen LogP contribution is 2.21. The van der Waals surface area contributed by atoms with E-state index in [1.165, 1.54) is 12.2 Å². The molecule has 0 aliphatic carbocycles. The zero-order chi connectivity index (χ0) is 30.3. The van der Waals surface area contributed by atoms with Crippen molar-refractivity contribution in [2.24, 2.45) is 5.41 Å². The molecule has 0 saturated heterocycles. The van der Waals surface area contributed by atoms with Crippen LogP contribution in [0.2, 0.25) is 0 Å². The molecule has 0 atom stereocenters. The number of carbonyl (C=O) groups excluding carboxylic acids is 2. The molecule has 41 heavy (non-hydrogen) atoms. The van der Waals surface area contributed by atoms with Crippen molar-refractivity contribution < 1.29 is 47.5 Å². The molecule has 240 valence electrons. The van der Waals surface area contributed by atoms with Gasteiger partial charge in [-0.05, 0) is 12.2 Å². The summed E-state index contributed by atoms with van der Waals surface area (Å²) in [5.41, 5.74) is -0.592. The average molecular weight is 661 g/mol. The first-order valence-corrected chi connectivity index (χ1v) is 16.7. The summed E-state index contributed by atoms with van der Waals surface area (Å²) in [7, 11) is 0. The van der Waals surface area contributed by atoms with Crippen LogP contribution in [0.15, 0.2) is 25.3 Å². The van der Waals surface area contributed by atoms with Crippen LogP contribution in [0.25, 0.3) is 0 Å². The molecule has 0 aliphatic heterocycles. The Morgan fingerprint density at radius 2 is 0.805 bits per heavy atom. The molecule has 0 bridgehead atoms. The summed E-state index contributed by atoms with van der Waals surface area (Å²) in [6.45, 7) is 13.4. The summed E-state index contributed by atoms with van der Waals surface area (Å²) in [5.74, 6) is 2.40. The maximum absolute atomic E-state index is 11.3. The Morgan fingerprint density at radius 3 is 1.10 bits per heavy atom. The third-order valence-corrected chi connectivity index (χ3v) is 6.88. The van der Waals surface area contributed by atoms with E-state index in [4.69, 9.17) is 37.9 Å². The molecule has 0 unspecified atom stereocenters. The Hall–Kier alpha value is -0.100. The van der Waals surface area contributed by atoms with Gasteiger partial charge in [0.15, 0.2) is 0 Å². The fourth-order valence-electron chi connectivity index (χ4n) is 2.93. The summed E-state index contributed by atoms with van der Waals surface area (Å²) < 4.78 is 45.9. The maximum atomic E-state index is 11.3. The SMILES string of the molecule is C=CC(=O)SCCOCCOCC(COCCOCCS)(COCCOCCS)COCCOCCSC(=O)C=C. The minimum Gasteiger partial charge on any atom is -0.378 e. The predicted molar refractivity (Wildman–Crippen MR) is 172 cm³/mol. The fourth-order valence-corrected chi connectivity index (χ4v) is 4.23. The van der Waals surface area contributed by atoms with Gasteiger partial charge in [0.05, 0.1) is 111 Å². The topological polar surface area (TPSA) is 108 Å². The quantitative estimate of drug-likeness (QED) is 0.0630. The van der Waals surface area contributed by atoms with Gasteiger partial charge >= 0.3 is 0 Å². The Kier molecular flexibility index (Phi) is 31.3. The van der Waals surface area contributed by atoms with Crippen LogP contribution in [0.1, 0.15) is 0 Å². The van der Waals surface area contributed by atoms with Crippen molar-refractivity contribution in [2.75, 3.05) is 129 Å². The van der Waals surface area contributed by atoms with Gasteiger partial charge in [0, 0.05) is 23.0 Å². The second kappa shape index (κ2) is 31.3. The number of rotatable bonds is 32. The van der Waals surface area contributed by atoms with Gasteiger partial charge in [-0.25, -0.2) is 0 Å². The van der Waals surface area contributed by atoms with Crippen molar-refractivity contribution in [3.63, 3.8) is 0 Å². The summed E-state index contributed by atoms with van der Waals surface area (Å²) in [6, 6.07) is 0. The van der Waals surface area contributed by atoms with Gasteiger partial charge in [-0.2, -0.15) is 25.3 Å². The number of hydrogen-bond donors (Lipinski definition) is 2. The number of thioether (sulfide) groups is 2. The number of thiol groups is 2. The highest BCUT2D eigenvalue weighted by Gasteiger charge is 2.32. The molecule has 0 aromatic heterocycles. The molecule has 10 nitrogen and oxygen atoms in total. The first kappa shape index (κ1) is 40.9. The molecule has 0 saturated carbocycles. The molecule has 0 N–H and O–H groups in total. The smallest absolute Gasteiger partial charge is 0.211 e. The van der Waals surface area contributed by atoms with E-state index < -0.39 is 5.41 Å². The van der Waals surface area contributed by atoms with E-state index in [0.717, 1.165) is 23.5 Å². The molecule has 0 amide bonds. The normalized spacial score (nSPS) is 11.6. The summed E-state index contributed by atoms with van der Waals surface area (Å²) >= 11 is 10.6. The van der Waals surface area contributed by atoms with Crippen LogP contribution in [-0.2, 0) is 47.5 Å². The van der Waals surface area contributed by atoms with Gasteiger partial charge in [0.1, 0.15) is 0 Å².